The highest BCUT2D eigenvalue weighted by Crippen LogP contribution is 2.48. The third-order valence-corrected chi connectivity index (χ3v) is 10.8. The van der Waals surface area contributed by atoms with Crippen molar-refractivity contribution < 1.29 is 27.4 Å². The third-order valence-electron chi connectivity index (χ3n) is 9.98. The number of anilines is 1. The molecule has 0 bridgehead atoms. The van der Waals surface area contributed by atoms with Gasteiger partial charge in [-0.3, -0.25) is 20.2 Å². The third kappa shape index (κ3) is 7.47. The lowest BCUT2D eigenvalue weighted by molar-refractivity contribution is -0.402. The van der Waals surface area contributed by atoms with E-state index in [1.807, 2.05) is 33.2 Å². The number of aryl methyl sites for hydroxylation is 1. The molecule has 3 aromatic rings. The van der Waals surface area contributed by atoms with Crippen LogP contribution in [0, 0.1) is 27.2 Å². The summed E-state index contributed by atoms with van der Waals surface area (Å²) in [5, 5.41) is 22.7. The summed E-state index contributed by atoms with van der Waals surface area (Å²) >= 11 is 0. The van der Waals surface area contributed by atoms with Crippen LogP contribution in [-0.4, -0.2) is 47.2 Å². The molecule has 0 saturated carbocycles. The van der Waals surface area contributed by atoms with Crippen molar-refractivity contribution in [2.45, 2.75) is 69.6 Å². The zero-order valence-electron chi connectivity index (χ0n) is 29.8. The lowest BCUT2D eigenvalue weighted by Crippen LogP contribution is -2.26. The molecule has 2 heterocycles. The zero-order valence-corrected chi connectivity index (χ0v) is 30.7. The van der Waals surface area contributed by atoms with Crippen LogP contribution >= 0.6 is 0 Å². The molecule has 0 amide bonds. The molecular formula is C39H42N4O7S. The van der Waals surface area contributed by atoms with E-state index in [1.54, 1.807) is 36.4 Å². The normalized spacial score (nSPS) is 19.1. The largest absolute Gasteiger partial charge is 0.744 e. The number of nitrogens with zero attached hydrogens (tertiary/aromatic N) is 4. The van der Waals surface area contributed by atoms with Crippen LogP contribution in [0.2, 0.25) is 0 Å². The van der Waals surface area contributed by atoms with Gasteiger partial charge < -0.3 is 9.45 Å². The maximum absolute atomic E-state index is 11.4. The topological polar surface area (TPSA) is 150 Å². The first-order valence-electron chi connectivity index (χ1n) is 16.6. The van der Waals surface area contributed by atoms with Crippen molar-refractivity contribution in [1.82, 2.24) is 0 Å². The Labute approximate surface area is 298 Å². The summed E-state index contributed by atoms with van der Waals surface area (Å²) in [7, 11) is -0.245. The number of nitro benzene ring substituents is 2. The molecule has 266 valence electrons. The molecular weight excluding hydrogens is 669 g/mol. The average molecular weight is 711 g/mol. The lowest BCUT2D eigenvalue weighted by Gasteiger charge is -2.24. The fourth-order valence-electron chi connectivity index (χ4n) is 7.09. The van der Waals surface area contributed by atoms with Crippen LogP contribution in [0.25, 0.3) is 0 Å². The maximum Gasteiger partial charge on any atom is 0.270 e. The summed E-state index contributed by atoms with van der Waals surface area (Å²) in [5.41, 5.74) is 9.05. The van der Waals surface area contributed by atoms with Crippen LogP contribution in [0.4, 0.5) is 22.7 Å². The Bertz CT molecular complexity index is 2190. The summed E-state index contributed by atoms with van der Waals surface area (Å²) in [5.74, 6) is 0. The van der Waals surface area contributed by atoms with Gasteiger partial charge in [-0.05, 0) is 81.0 Å². The summed E-state index contributed by atoms with van der Waals surface area (Å²) in [6, 6.07) is 16.0. The van der Waals surface area contributed by atoms with E-state index in [0.29, 0.717) is 0 Å². The van der Waals surface area contributed by atoms with Gasteiger partial charge in [0.05, 0.1) is 20.2 Å². The van der Waals surface area contributed by atoms with E-state index in [9.17, 15) is 33.2 Å². The van der Waals surface area contributed by atoms with E-state index in [-0.39, 0.29) is 36.9 Å². The number of likely N-dealkylation sites (N-methyl/N-ethyl adjacent to an activating group) is 1. The van der Waals surface area contributed by atoms with Gasteiger partial charge in [0.25, 0.3) is 11.4 Å². The number of allylic oxidation sites excluding steroid dienone is 8. The summed E-state index contributed by atoms with van der Waals surface area (Å²) in [6.07, 6.45) is 13.9. The number of benzene rings is 3. The van der Waals surface area contributed by atoms with Gasteiger partial charge in [-0.25, -0.2) is 8.42 Å². The van der Waals surface area contributed by atoms with Crippen LogP contribution in [0.3, 0.4) is 0 Å². The first-order valence-corrected chi connectivity index (χ1v) is 18.0. The lowest BCUT2D eigenvalue weighted by atomic mass is 9.81. The van der Waals surface area contributed by atoms with Gasteiger partial charge in [0.2, 0.25) is 5.69 Å². The highest BCUT2D eigenvalue weighted by molar-refractivity contribution is 7.85. The molecule has 0 aromatic heterocycles. The molecule has 0 N–H and O–H groups in total. The van der Waals surface area contributed by atoms with E-state index in [0.717, 1.165) is 58.7 Å². The molecule has 0 unspecified atom stereocenters. The van der Waals surface area contributed by atoms with Gasteiger partial charge >= 0.3 is 0 Å². The van der Waals surface area contributed by atoms with Gasteiger partial charge in [0, 0.05) is 65.8 Å². The van der Waals surface area contributed by atoms with Crippen molar-refractivity contribution in [3.05, 3.63) is 145 Å². The number of hydrogen-bond donors (Lipinski definition) is 0. The summed E-state index contributed by atoms with van der Waals surface area (Å²) in [6.45, 7) is 10.3. The Balaban J connectivity index is 0.000000392. The number of fused-ring (bicyclic) bond motifs is 2. The molecule has 2 aliphatic heterocycles. The van der Waals surface area contributed by atoms with E-state index in [2.05, 4.69) is 67.6 Å². The molecule has 6 rings (SSSR count). The summed E-state index contributed by atoms with van der Waals surface area (Å²) in [4.78, 5) is 24.0. The molecule has 1 aliphatic carbocycles. The quantitative estimate of drug-likeness (QED) is 0.107. The second-order valence-corrected chi connectivity index (χ2v) is 15.5. The predicted octanol–water partition coefficient (Wildman–Crippen LogP) is 8.31. The molecule has 0 radical (unpaired) electrons. The first kappa shape index (κ1) is 37.1. The Morgan fingerprint density at radius 2 is 1.43 bits per heavy atom. The van der Waals surface area contributed by atoms with Gasteiger partial charge in [-0.1, -0.05) is 49.8 Å². The molecule has 0 saturated heterocycles. The fourth-order valence-corrected chi connectivity index (χ4v) is 7.56. The van der Waals surface area contributed by atoms with Gasteiger partial charge in [0.15, 0.2) is 5.71 Å². The highest BCUT2D eigenvalue weighted by Gasteiger charge is 2.44. The van der Waals surface area contributed by atoms with E-state index in [1.165, 1.54) is 23.3 Å². The minimum Gasteiger partial charge on any atom is -0.744 e. The second-order valence-electron chi connectivity index (χ2n) is 14.1. The number of non-ortho nitro benzene ring substituents is 2. The van der Waals surface area contributed by atoms with Crippen molar-refractivity contribution in [2.24, 2.45) is 0 Å². The minimum absolute atomic E-state index is 0.113. The maximum atomic E-state index is 11.4. The molecule has 3 aliphatic rings. The van der Waals surface area contributed by atoms with Crippen LogP contribution in [0.5, 0.6) is 0 Å². The van der Waals surface area contributed by atoms with Crippen molar-refractivity contribution in [2.75, 3.05) is 19.0 Å². The predicted molar refractivity (Wildman–Crippen MR) is 198 cm³/mol. The van der Waals surface area contributed by atoms with Crippen LogP contribution in [-0.2, 0) is 20.9 Å². The van der Waals surface area contributed by atoms with Crippen molar-refractivity contribution in [3.63, 3.8) is 0 Å². The monoisotopic (exact) mass is 710 g/mol. The molecule has 51 heavy (non-hydrogen) atoms. The molecule has 12 heteroatoms. The van der Waals surface area contributed by atoms with E-state index in [4.69, 9.17) is 0 Å². The highest BCUT2D eigenvalue weighted by atomic mass is 32.2. The summed E-state index contributed by atoms with van der Waals surface area (Å²) < 4.78 is 33.3. The zero-order chi connectivity index (χ0) is 37.5. The number of rotatable bonds is 6. The van der Waals surface area contributed by atoms with E-state index >= 15 is 0 Å². The van der Waals surface area contributed by atoms with Crippen molar-refractivity contribution >= 4 is 38.6 Å². The van der Waals surface area contributed by atoms with Gasteiger partial charge in [-0.15, -0.1) is 0 Å². The van der Waals surface area contributed by atoms with Crippen LogP contribution < -0.4 is 4.90 Å². The van der Waals surface area contributed by atoms with Gasteiger partial charge in [-0.2, -0.15) is 4.58 Å². The van der Waals surface area contributed by atoms with E-state index < -0.39 is 10.1 Å². The number of nitro groups is 2. The molecule has 0 fully saturated rings. The van der Waals surface area contributed by atoms with Crippen LogP contribution in [0.15, 0.2) is 113 Å². The molecule has 0 spiro atoms. The smallest absolute Gasteiger partial charge is 0.270 e. The van der Waals surface area contributed by atoms with Crippen molar-refractivity contribution in [3.8, 4) is 0 Å². The molecule has 0 atom stereocenters. The molecule has 3 aromatic carbocycles. The van der Waals surface area contributed by atoms with Crippen molar-refractivity contribution in [1.29, 1.82) is 0 Å². The Hall–Kier alpha value is -5.20. The van der Waals surface area contributed by atoms with Gasteiger partial charge in [0.1, 0.15) is 17.2 Å². The standard InChI is InChI=1S/C32H35N4O4.C7H8O3S/c1-31(2)25-19-23(35(37)38)12-14-27(25)33(5)29(31)16-10-21-8-7-9-22(18-21)11-17-30-32(3,4)26-20-24(36(39)40)13-15-28(26)34(30)6;1-6-2-4-7(5-3-6)11(8,9)10/h10-20H,7-9H2,1-6H3;2-5H,1H3,(H,8,9,10)/q+1;/p-1. The Morgan fingerprint density at radius 1 is 0.824 bits per heavy atom. The number of hydrogen-bond acceptors (Lipinski definition) is 8. The first-order chi connectivity index (χ1) is 23.8. The Kier molecular flexibility index (Phi) is 10.1. The Morgan fingerprint density at radius 3 is 2.04 bits per heavy atom. The van der Waals surface area contributed by atoms with Crippen LogP contribution in [0.1, 0.15) is 63.6 Å². The molecule has 11 nitrogen and oxygen atoms in total. The minimum atomic E-state index is -4.27. The SMILES string of the molecule is CN1/C(=C\C=C2C=C(/C=C/C3=[N+](C)c4ccc([N+](=O)[O-])cc4C3(C)C)CCC/2)C(C)(C)c2cc([N+](=O)[O-])ccc21.Cc1ccc(S(=O)(=O)[O-])cc1. The average Bonchev–Trinajstić information content (AvgIpc) is 3.38. The fraction of sp³-hybridized carbons (Fsp3) is 0.308. The second kappa shape index (κ2) is 13.8.